The zero-order chi connectivity index (χ0) is 19.0. The smallest absolute Gasteiger partial charge is 0.345 e. The summed E-state index contributed by atoms with van der Waals surface area (Å²) in [5, 5.41) is 6.82. The lowest BCUT2D eigenvalue weighted by Crippen LogP contribution is -2.13. The minimum atomic E-state index is -0.422. The lowest BCUT2D eigenvalue weighted by Gasteiger charge is -2.07. The van der Waals surface area contributed by atoms with E-state index in [4.69, 9.17) is 16.0 Å². The summed E-state index contributed by atoms with van der Waals surface area (Å²) >= 11 is 6.05. The number of benzene rings is 2. The van der Waals surface area contributed by atoms with Gasteiger partial charge in [-0.2, -0.15) is 5.10 Å². The van der Waals surface area contributed by atoms with Gasteiger partial charge < -0.3 is 4.42 Å². The Hall–Kier alpha value is -3.18. The van der Waals surface area contributed by atoms with E-state index in [0.29, 0.717) is 27.7 Å². The predicted molar refractivity (Wildman–Crippen MR) is 110 cm³/mol. The van der Waals surface area contributed by atoms with E-state index < -0.39 is 5.63 Å². The second-order valence-electron chi connectivity index (χ2n) is 6.28. The molecule has 0 unspecified atom stereocenters. The summed E-state index contributed by atoms with van der Waals surface area (Å²) in [6.45, 7) is 3.74. The fourth-order valence-corrected chi connectivity index (χ4v) is 3.11. The van der Waals surface area contributed by atoms with Crippen molar-refractivity contribution < 1.29 is 4.42 Å². The molecule has 4 aromatic rings. The molecule has 0 aliphatic heterocycles. The molecule has 0 fully saturated rings. The molecule has 0 amide bonds. The van der Waals surface area contributed by atoms with Crippen LogP contribution in [0, 0.1) is 6.92 Å². The van der Waals surface area contributed by atoms with Gasteiger partial charge >= 0.3 is 5.63 Å². The van der Waals surface area contributed by atoms with Crippen LogP contribution < -0.4 is 11.1 Å². The number of rotatable bonds is 3. The number of halogens is 1. The highest BCUT2D eigenvalue weighted by Gasteiger charge is 2.09. The number of pyridine rings is 1. The zero-order valence-corrected chi connectivity index (χ0v) is 15.5. The first-order chi connectivity index (χ1) is 13.0. The van der Waals surface area contributed by atoms with Crippen LogP contribution in [0.5, 0.6) is 0 Å². The maximum absolute atomic E-state index is 12.2. The summed E-state index contributed by atoms with van der Waals surface area (Å²) < 4.78 is 5.36. The van der Waals surface area contributed by atoms with Crippen molar-refractivity contribution in [3.63, 3.8) is 0 Å². The summed E-state index contributed by atoms with van der Waals surface area (Å²) in [4.78, 5) is 16.8. The molecule has 0 saturated heterocycles. The number of fused-ring (bicyclic) bond motifs is 2. The number of nitrogens with one attached hydrogen (secondary N) is 1. The number of hydrogen-bond donors (Lipinski definition) is 1. The highest BCUT2D eigenvalue weighted by atomic mass is 35.5. The number of anilines is 1. The fourth-order valence-electron chi connectivity index (χ4n) is 2.94. The van der Waals surface area contributed by atoms with Gasteiger partial charge in [0.1, 0.15) is 11.4 Å². The number of nitrogens with zero attached hydrogens (tertiary/aromatic N) is 2. The van der Waals surface area contributed by atoms with Gasteiger partial charge in [0.25, 0.3) is 0 Å². The average molecular weight is 378 g/mol. The Morgan fingerprint density at radius 1 is 1.15 bits per heavy atom. The van der Waals surface area contributed by atoms with Crippen LogP contribution >= 0.6 is 11.6 Å². The van der Waals surface area contributed by atoms with Crippen LogP contribution in [0.4, 0.5) is 5.82 Å². The van der Waals surface area contributed by atoms with Gasteiger partial charge in [0.15, 0.2) is 0 Å². The van der Waals surface area contributed by atoms with Crippen molar-refractivity contribution in [2.24, 2.45) is 5.10 Å². The lowest BCUT2D eigenvalue weighted by molar-refractivity contribution is 0.559. The SMILES string of the molecule is C/C(=N/Nc1cc(C)c2cc(Cl)ccc2n1)c1cc2ccccc2oc1=O. The van der Waals surface area contributed by atoms with Crippen LogP contribution in [-0.2, 0) is 0 Å². The van der Waals surface area contributed by atoms with Crippen LogP contribution in [0.1, 0.15) is 18.1 Å². The van der Waals surface area contributed by atoms with Crippen LogP contribution in [0.2, 0.25) is 5.02 Å². The zero-order valence-electron chi connectivity index (χ0n) is 14.8. The first kappa shape index (κ1) is 17.2. The summed E-state index contributed by atoms with van der Waals surface area (Å²) in [5.74, 6) is 0.590. The molecule has 4 rings (SSSR count). The Morgan fingerprint density at radius 3 is 2.81 bits per heavy atom. The van der Waals surface area contributed by atoms with Crippen molar-refractivity contribution in [1.82, 2.24) is 4.98 Å². The Labute approximate surface area is 160 Å². The number of aryl methyl sites for hydroxylation is 1. The number of para-hydroxylation sites is 1. The highest BCUT2D eigenvalue weighted by molar-refractivity contribution is 6.31. The molecular formula is C21H16ClN3O2. The van der Waals surface area contributed by atoms with Crippen LogP contribution in [0.3, 0.4) is 0 Å². The molecule has 1 N–H and O–H groups in total. The third-order valence-corrected chi connectivity index (χ3v) is 4.58. The van der Waals surface area contributed by atoms with Gasteiger partial charge in [-0.15, -0.1) is 0 Å². The molecule has 0 bridgehead atoms. The molecule has 2 aromatic heterocycles. The Balaban J connectivity index is 1.68. The van der Waals surface area contributed by atoms with E-state index in [1.165, 1.54) is 0 Å². The van der Waals surface area contributed by atoms with Crippen molar-refractivity contribution in [2.45, 2.75) is 13.8 Å². The van der Waals surface area contributed by atoms with Crippen molar-refractivity contribution in [3.05, 3.63) is 81.2 Å². The van der Waals surface area contributed by atoms with E-state index in [0.717, 1.165) is 21.9 Å². The van der Waals surface area contributed by atoms with Gasteiger partial charge in [0.2, 0.25) is 0 Å². The second-order valence-corrected chi connectivity index (χ2v) is 6.72. The molecule has 2 aromatic carbocycles. The van der Waals surface area contributed by atoms with Crippen molar-refractivity contribution in [2.75, 3.05) is 5.43 Å². The van der Waals surface area contributed by atoms with Gasteiger partial charge in [-0.25, -0.2) is 9.78 Å². The number of aromatic nitrogens is 1. The molecule has 5 nitrogen and oxygen atoms in total. The molecule has 0 atom stereocenters. The molecule has 134 valence electrons. The van der Waals surface area contributed by atoms with Gasteiger partial charge in [-0.1, -0.05) is 29.8 Å². The Morgan fingerprint density at radius 2 is 1.96 bits per heavy atom. The summed E-state index contributed by atoms with van der Waals surface area (Å²) in [7, 11) is 0. The van der Waals surface area contributed by atoms with Gasteiger partial charge in [-0.05, 0) is 55.8 Å². The van der Waals surface area contributed by atoms with E-state index in [-0.39, 0.29) is 0 Å². The topological polar surface area (TPSA) is 67.5 Å². The first-order valence-electron chi connectivity index (χ1n) is 8.42. The molecule has 0 saturated carbocycles. The maximum Gasteiger partial charge on any atom is 0.345 e. The number of hydrazone groups is 1. The average Bonchev–Trinajstić information content (AvgIpc) is 2.66. The normalized spacial score (nSPS) is 11.9. The quantitative estimate of drug-likeness (QED) is 0.305. The third kappa shape index (κ3) is 3.41. The van der Waals surface area contributed by atoms with Crippen molar-refractivity contribution in [3.8, 4) is 0 Å². The molecule has 2 heterocycles. The number of hydrogen-bond acceptors (Lipinski definition) is 5. The van der Waals surface area contributed by atoms with E-state index in [9.17, 15) is 4.79 Å². The Bertz CT molecular complexity index is 1260. The minimum Gasteiger partial charge on any atom is -0.422 e. The second kappa shape index (κ2) is 6.85. The third-order valence-electron chi connectivity index (χ3n) is 4.35. The molecule has 27 heavy (non-hydrogen) atoms. The molecule has 0 aliphatic carbocycles. The molecule has 0 radical (unpaired) electrons. The van der Waals surface area contributed by atoms with Crippen LogP contribution in [-0.4, -0.2) is 10.7 Å². The first-order valence-corrected chi connectivity index (χ1v) is 8.79. The minimum absolute atomic E-state index is 0.408. The van der Waals surface area contributed by atoms with E-state index in [1.54, 1.807) is 25.1 Å². The monoisotopic (exact) mass is 377 g/mol. The van der Waals surface area contributed by atoms with Crippen LogP contribution in [0.25, 0.3) is 21.9 Å². The van der Waals surface area contributed by atoms with E-state index in [1.807, 2.05) is 43.3 Å². The van der Waals surface area contributed by atoms with Crippen molar-refractivity contribution in [1.29, 1.82) is 0 Å². The standard InChI is InChI=1S/C21H16ClN3O2/c1-12-9-20(23-18-8-7-15(22)11-16(12)18)25-24-13(2)17-10-14-5-3-4-6-19(14)27-21(17)26/h3-11H,1-2H3,(H,23,25)/b24-13-. The lowest BCUT2D eigenvalue weighted by atomic mass is 10.1. The van der Waals surface area contributed by atoms with Gasteiger partial charge in [0, 0.05) is 15.8 Å². The molecule has 0 spiro atoms. The molecule has 0 aliphatic rings. The highest BCUT2D eigenvalue weighted by Crippen LogP contribution is 2.23. The van der Waals surface area contributed by atoms with E-state index >= 15 is 0 Å². The fraction of sp³-hybridized carbons (Fsp3) is 0.0952. The van der Waals surface area contributed by atoms with Crippen molar-refractivity contribution >= 4 is 45.0 Å². The molecular weight excluding hydrogens is 362 g/mol. The predicted octanol–water partition coefficient (Wildman–Crippen LogP) is 5.14. The summed E-state index contributed by atoms with van der Waals surface area (Å²) in [6, 6.07) is 16.6. The summed E-state index contributed by atoms with van der Waals surface area (Å²) in [5.41, 5.74) is 5.84. The largest absolute Gasteiger partial charge is 0.422 e. The van der Waals surface area contributed by atoms with E-state index in [2.05, 4.69) is 15.5 Å². The molecule has 6 heteroatoms. The van der Waals surface area contributed by atoms with Gasteiger partial charge in [-0.3, -0.25) is 5.43 Å². The van der Waals surface area contributed by atoms with Gasteiger partial charge in [0.05, 0.1) is 16.8 Å². The Kier molecular flexibility index (Phi) is 4.38. The summed E-state index contributed by atoms with van der Waals surface area (Å²) in [6.07, 6.45) is 0. The van der Waals surface area contributed by atoms with Crippen LogP contribution in [0.15, 0.2) is 68.9 Å². The maximum atomic E-state index is 12.2.